The average molecular weight is 1100 g/mol. The highest BCUT2D eigenvalue weighted by Gasteiger charge is 2.23. The summed E-state index contributed by atoms with van der Waals surface area (Å²) in [5.74, 6) is -8.04. The minimum atomic E-state index is -2.01. The first-order valence-corrected chi connectivity index (χ1v) is 26.3. The van der Waals surface area contributed by atoms with Gasteiger partial charge in [-0.05, 0) is 157 Å². The van der Waals surface area contributed by atoms with E-state index in [0.29, 0.717) is 0 Å². The second-order valence-electron chi connectivity index (χ2n) is 18.6. The molecule has 0 saturated carbocycles. The zero-order valence-corrected chi connectivity index (χ0v) is 44.6. The van der Waals surface area contributed by atoms with Crippen molar-refractivity contribution in [3.63, 3.8) is 0 Å². The SMILES string of the molecule is [C-]#[N+]C(C#N)=c1c(F)c(F)c(=C(C#N)[N+]#[C-])c(F)c1F.c1ccc(N(c2ccccc2)c2ccc(N(c3ccccc3)c3ccc(-c4ccc(N(c5ccccc5)c5ccc(N(c6ccccc6)c6ccccc6)cc5)cc4)cc3)cc2)cc1. The molecule has 11 aromatic rings. The number of hydrogen-bond acceptors (Lipinski definition) is 6. The minimum absolute atomic E-state index is 1.08. The van der Waals surface area contributed by atoms with Crippen molar-refractivity contribution in [1.82, 2.24) is 0 Å². The van der Waals surface area contributed by atoms with Crippen molar-refractivity contribution >= 4 is 79.6 Å². The van der Waals surface area contributed by atoms with Crippen LogP contribution in [0.15, 0.2) is 279 Å². The Labute approximate surface area is 484 Å². The third kappa shape index (κ3) is 11.8. The Morgan fingerprint density at radius 2 is 0.417 bits per heavy atom. The van der Waals surface area contributed by atoms with E-state index < -0.39 is 45.1 Å². The van der Waals surface area contributed by atoms with Gasteiger partial charge in [0.05, 0.1) is 35.7 Å². The maximum Gasteiger partial charge on any atom is 0.275 e. The van der Waals surface area contributed by atoms with Gasteiger partial charge in [-0.15, -0.1) is 0 Å². The summed E-state index contributed by atoms with van der Waals surface area (Å²) in [6.07, 6.45) is 0. The Kier molecular flexibility index (Phi) is 17.1. The van der Waals surface area contributed by atoms with Crippen LogP contribution in [-0.4, -0.2) is 0 Å². The summed E-state index contributed by atoms with van der Waals surface area (Å²) in [6.45, 7) is 13.0. The molecule has 0 aliphatic carbocycles. The molecule has 0 unspecified atom stereocenters. The Morgan fingerprint density at radius 1 is 0.262 bits per heavy atom. The molecule has 0 saturated heterocycles. The zero-order chi connectivity index (χ0) is 58.4. The summed E-state index contributed by atoms with van der Waals surface area (Å²) in [5.41, 5.74) is 13.1. The lowest BCUT2D eigenvalue weighted by Gasteiger charge is -2.28. The van der Waals surface area contributed by atoms with Crippen molar-refractivity contribution in [3.8, 4) is 23.3 Å². The van der Waals surface area contributed by atoms with E-state index in [0.717, 1.165) is 91.5 Å². The Balaban J connectivity index is 0.000000335. The normalized spacial score (nSPS) is 10.3. The fourth-order valence-corrected chi connectivity index (χ4v) is 9.68. The lowest BCUT2D eigenvalue weighted by Crippen LogP contribution is -2.30. The van der Waals surface area contributed by atoms with E-state index in [-0.39, 0.29) is 0 Å². The van der Waals surface area contributed by atoms with Crippen molar-refractivity contribution in [1.29, 1.82) is 10.5 Å². The quantitative estimate of drug-likeness (QED) is 0.0651. The van der Waals surface area contributed by atoms with Crippen LogP contribution < -0.4 is 30.0 Å². The van der Waals surface area contributed by atoms with E-state index in [1.54, 1.807) is 0 Å². The highest BCUT2D eigenvalue weighted by molar-refractivity contribution is 5.84. The molecule has 0 aliphatic rings. The van der Waals surface area contributed by atoms with Gasteiger partial charge in [0.1, 0.15) is 0 Å². The molecule has 0 heterocycles. The molecule has 0 amide bonds. The summed E-state index contributed by atoms with van der Waals surface area (Å²) in [6, 6.07) is 101. The third-order valence-electron chi connectivity index (χ3n) is 13.6. The minimum Gasteiger partial charge on any atom is -0.311 e. The highest BCUT2D eigenvalue weighted by Crippen LogP contribution is 2.42. The fourth-order valence-electron chi connectivity index (χ4n) is 9.68. The van der Waals surface area contributed by atoms with Crippen LogP contribution in [0.1, 0.15) is 0 Å². The van der Waals surface area contributed by atoms with Gasteiger partial charge in [-0.1, -0.05) is 133 Å². The van der Waals surface area contributed by atoms with Gasteiger partial charge in [0.15, 0.2) is 23.3 Å². The van der Waals surface area contributed by atoms with E-state index in [1.807, 2.05) is 0 Å². The molecule has 0 N–H and O–H groups in total. The first kappa shape index (κ1) is 55.4. The summed E-state index contributed by atoms with van der Waals surface area (Å²) in [7, 11) is 0. The molecule has 0 aliphatic heterocycles. The smallest absolute Gasteiger partial charge is 0.275 e. The van der Waals surface area contributed by atoms with E-state index in [2.05, 4.69) is 308 Å². The number of halogens is 4. The fraction of sp³-hybridized carbons (Fsp3) is 0. The molecular formula is C72H46F4N8. The second-order valence-corrected chi connectivity index (χ2v) is 18.6. The van der Waals surface area contributed by atoms with Gasteiger partial charge in [-0.25, -0.2) is 37.8 Å². The molecule has 0 fully saturated rings. The van der Waals surface area contributed by atoms with Crippen LogP contribution in [0.2, 0.25) is 0 Å². The molecule has 0 aromatic heterocycles. The van der Waals surface area contributed by atoms with Gasteiger partial charge in [0.2, 0.25) is 0 Å². The molecule has 0 radical (unpaired) electrons. The molecular weight excluding hydrogens is 1050 g/mol. The molecule has 0 atom stereocenters. The Morgan fingerprint density at radius 3 is 0.571 bits per heavy atom. The van der Waals surface area contributed by atoms with Crippen LogP contribution in [0.4, 0.5) is 85.8 Å². The number of para-hydroxylation sites is 6. The molecule has 402 valence electrons. The predicted molar refractivity (Wildman–Crippen MR) is 327 cm³/mol. The zero-order valence-electron chi connectivity index (χ0n) is 44.6. The third-order valence-corrected chi connectivity index (χ3v) is 13.6. The van der Waals surface area contributed by atoms with Gasteiger partial charge in [0, 0.05) is 68.2 Å². The number of benzene rings is 11. The van der Waals surface area contributed by atoms with Gasteiger partial charge < -0.3 is 19.6 Å². The number of nitrogens with zero attached hydrogens (tertiary/aromatic N) is 8. The Bertz CT molecular complexity index is 3930. The van der Waals surface area contributed by atoms with Gasteiger partial charge >= 0.3 is 0 Å². The molecule has 0 bridgehead atoms. The maximum absolute atomic E-state index is 13.6. The summed E-state index contributed by atoms with van der Waals surface area (Å²) in [5, 5.41) is 14.1. The number of anilines is 12. The molecule has 12 heteroatoms. The second kappa shape index (κ2) is 25.9. The molecule has 0 spiro atoms. The summed E-state index contributed by atoms with van der Waals surface area (Å²) >= 11 is 0. The molecule has 8 nitrogen and oxygen atoms in total. The van der Waals surface area contributed by atoms with E-state index >= 15 is 0 Å². The topological polar surface area (TPSA) is 69.3 Å². The van der Waals surface area contributed by atoms with Crippen LogP contribution in [-0.2, 0) is 0 Å². The standard InChI is InChI=1S/C60H46N4.C12F4N4/c1-7-19-49(20-8-1)61(50-21-9-2-10-22-50)57-39-43-59(44-40-57)63(53-27-15-5-16-28-53)55-35-31-47(32-36-55)48-33-37-56(38-34-48)64(54-29-17-6-18-30-54)60-45-41-58(42-46-60)62(51-23-11-3-12-24-51)52-25-13-4-14-26-52;1-19-5(3-17)7-9(13)11(15)8(6(4-18)20-2)12(16)10(7)14/h1-46H;. The number of nitriles is 2. The Hall–Kier alpha value is -12.0. The monoisotopic (exact) mass is 1100 g/mol. The predicted octanol–water partition coefficient (Wildman–Crippen LogP) is 18.6. The first-order valence-electron chi connectivity index (χ1n) is 26.3. The van der Waals surface area contributed by atoms with E-state index in [1.165, 1.54) is 0 Å². The van der Waals surface area contributed by atoms with Crippen LogP contribution >= 0.6 is 0 Å². The van der Waals surface area contributed by atoms with Crippen molar-refractivity contribution in [2.75, 3.05) is 19.6 Å². The van der Waals surface area contributed by atoms with Crippen LogP contribution in [0, 0.1) is 59.1 Å². The van der Waals surface area contributed by atoms with Gasteiger partial charge in [0.25, 0.3) is 11.4 Å². The van der Waals surface area contributed by atoms with Crippen LogP contribution in [0.3, 0.4) is 0 Å². The summed E-state index contributed by atoms with van der Waals surface area (Å²) < 4.78 is 54.6. The van der Waals surface area contributed by atoms with Gasteiger partial charge in [-0.3, -0.25) is 0 Å². The molecule has 84 heavy (non-hydrogen) atoms. The lowest BCUT2D eigenvalue weighted by molar-refractivity contribution is 0.434. The van der Waals surface area contributed by atoms with E-state index in [4.69, 9.17) is 23.7 Å². The van der Waals surface area contributed by atoms with Crippen molar-refractivity contribution in [2.45, 2.75) is 0 Å². The van der Waals surface area contributed by atoms with E-state index in [9.17, 15) is 17.6 Å². The molecule has 11 rings (SSSR count). The number of hydrogen-bond donors (Lipinski definition) is 0. The molecule has 11 aromatic carbocycles. The first-order chi connectivity index (χ1) is 41.2. The average Bonchev–Trinajstić information content (AvgIpc) is 3.16. The highest BCUT2D eigenvalue weighted by atomic mass is 19.2. The van der Waals surface area contributed by atoms with Crippen LogP contribution in [0.25, 0.3) is 32.2 Å². The largest absolute Gasteiger partial charge is 0.311 e. The lowest BCUT2D eigenvalue weighted by atomic mass is 10.0. The maximum atomic E-state index is 13.6. The van der Waals surface area contributed by atoms with Crippen molar-refractivity contribution in [2.24, 2.45) is 0 Å². The summed E-state index contributed by atoms with van der Waals surface area (Å²) in [4.78, 5) is 14.1. The number of rotatable bonds is 13. The van der Waals surface area contributed by atoms with Crippen molar-refractivity contribution < 1.29 is 17.6 Å². The van der Waals surface area contributed by atoms with Gasteiger partial charge in [-0.2, -0.15) is 0 Å². The van der Waals surface area contributed by atoms with Crippen LogP contribution in [0.5, 0.6) is 0 Å². The van der Waals surface area contributed by atoms with Crippen molar-refractivity contribution in [3.05, 3.63) is 336 Å².